The summed E-state index contributed by atoms with van der Waals surface area (Å²) in [6.07, 6.45) is 0.716. The number of benzene rings is 1. The van der Waals surface area contributed by atoms with Crippen molar-refractivity contribution in [3.8, 4) is 0 Å². The number of nitrogens with one attached hydrogen (secondary N) is 1. The van der Waals surface area contributed by atoms with Gasteiger partial charge >= 0.3 is 0 Å². The van der Waals surface area contributed by atoms with E-state index in [1.54, 1.807) is 6.92 Å². The van der Waals surface area contributed by atoms with Gasteiger partial charge in [-0.1, -0.05) is 0 Å². The summed E-state index contributed by atoms with van der Waals surface area (Å²) in [5.74, 6) is -0.516. The van der Waals surface area contributed by atoms with Crippen molar-refractivity contribution in [2.24, 2.45) is 0 Å². The van der Waals surface area contributed by atoms with Crippen molar-refractivity contribution in [3.63, 3.8) is 0 Å². The van der Waals surface area contributed by atoms with Crippen LogP contribution in [0.15, 0.2) is 18.2 Å². The average Bonchev–Trinajstić information content (AvgIpc) is 2.16. The fourth-order valence-electron chi connectivity index (χ4n) is 1.36. The number of alkyl halides is 1. The Labute approximate surface area is 99.8 Å². The smallest absolute Gasteiger partial charge is 0.251 e. The predicted octanol–water partition coefficient (Wildman–Crippen LogP) is 2.88. The molecule has 0 saturated carbocycles. The zero-order valence-electron chi connectivity index (χ0n) is 9.39. The Hall–Kier alpha value is -1.09. The van der Waals surface area contributed by atoms with E-state index < -0.39 is 0 Å². The summed E-state index contributed by atoms with van der Waals surface area (Å²) >= 11 is 5.76. The second-order valence-electron chi connectivity index (χ2n) is 3.78. The maximum Gasteiger partial charge on any atom is 0.251 e. The molecule has 1 N–H and O–H groups in total. The van der Waals surface area contributed by atoms with Crippen LogP contribution in [0.5, 0.6) is 0 Å². The molecule has 0 radical (unpaired) electrons. The molecule has 4 heteroatoms. The first-order chi connectivity index (χ1) is 7.50. The summed E-state index contributed by atoms with van der Waals surface area (Å²) in [5.41, 5.74) is 1.14. The molecule has 0 aliphatic heterocycles. The molecule has 88 valence electrons. The molecule has 1 aromatic rings. The molecule has 0 heterocycles. The Morgan fingerprint density at radius 3 is 2.81 bits per heavy atom. The molecule has 1 atom stereocenters. The molecular weight excluding hydrogens is 229 g/mol. The van der Waals surface area contributed by atoms with Gasteiger partial charge in [0.25, 0.3) is 5.91 Å². The molecule has 0 aliphatic carbocycles. The van der Waals surface area contributed by atoms with Crippen LogP contribution in [-0.2, 0) is 0 Å². The van der Waals surface area contributed by atoms with Gasteiger partial charge in [-0.3, -0.25) is 4.79 Å². The van der Waals surface area contributed by atoms with Crippen LogP contribution in [-0.4, -0.2) is 17.8 Å². The maximum atomic E-state index is 12.8. The minimum atomic E-state index is -0.330. The number of hydrogen-bond acceptors (Lipinski definition) is 1. The monoisotopic (exact) mass is 243 g/mol. The second-order valence-corrected chi connectivity index (χ2v) is 4.53. The Morgan fingerprint density at radius 1 is 1.56 bits per heavy atom. The number of hydrogen-bond donors (Lipinski definition) is 1. The second kappa shape index (κ2) is 5.85. The first-order valence-corrected chi connectivity index (χ1v) is 5.62. The van der Waals surface area contributed by atoms with E-state index in [1.165, 1.54) is 18.2 Å². The lowest BCUT2D eigenvalue weighted by Gasteiger charge is -2.08. The molecule has 1 aromatic carbocycles. The highest BCUT2D eigenvalue weighted by Gasteiger charge is 2.09. The Morgan fingerprint density at radius 2 is 2.25 bits per heavy atom. The first kappa shape index (κ1) is 13.0. The lowest BCUT2D eigenvalue weighted by atomic mass is 10.1. The van der Waals surface area contributed by atoms with Gasteiger partial charge in [0.2, 0.25) is 0 Å². The molecule has 1 amide bonds. The number of amides is 1. The lowest BCUT2D eigenvalue weighted by Crippen LogP contribution is -2.26. The van der Waals surface area contributed by atoms with Crippen molar-refractivity contribution in [2.45, 2.75) is 25.6 Å². The number of carbonyl (C=O) groups excluding carboxylic acids is 1. The van der Waals surface area contributed by atoms with E-state index in [-0.39, 0.29) is 17.1 Å². The topological polar surface area (TPSA) is 29.1 Å². The van der Waals surface area contributed by atoms with E-state index >= 15 is 0 Å². The molecule has 16 heavy (non-hydrogen) atoms. The van der Waals surface area contributed by atoms with Crippen molar-refractivity contribution in [1.82, 2.24) is 5.32 Å². The standard InChI is InChI=1S/C12H15ClFNO/c1-8-7-10(14)3-4-11(8)12(16)15-6-5-9(2)13/h3-4,7,9H,5-6H2,1-2H3,(H,15,16). The third-order valence-corrected chi connectivity index (χ3v) is 2.48. The van der Waals surface area contributed by atoms with E-state index in [2.05, 4.69) is 5.32 Å². The van der Waals surface area contributed by atoms with E-state index in [9.17, 15) is 9.18 Å². The molecule has 0 bridgehead atoms. The number of halogens is 2. The van der Waals surface area contributed by atoms with Crippen LogP contribution >= 0.6 is 11.6 Å². The van der Waals surface area contributed by atoms with E-state index in [1.807, 2.05) is 6.92 Å². The number of rotatable bonds is 4. The molecular formula is C12H15ClFNO. The van der Waals surface area contributed by atoms with E-state index in [0.717, 1.165) is 0 Å². The minimum absolute atomic E-state index is 0.0367. The summed E-state index contributed by atoms with van der Waals surface area (Å²) < 4.78 is 12.8. The highest BCUT2D eigenvalue weighted by molar-refractivity contribution is 6.20. The fourth-order valence-corrected chi connectivity index (χ4v) is 1.47. The SMILES string of the molecule is Cc1cc(F)ccc1C(=O)NCCC(C)Cl. The van der Waals surface area contributed by atoms with Gasteiger partial charge in [-0.15, -0.1) is 11.6 Å². The van der Waals surface area contributed by atoms with Crippen molar-refractivity contribution < 1.29 is 9.18 Å². The zero-order chi connectivity index (χ0) is 12.1. The summed E-state index contributed by atoms with van der Waals surface area (Å²) in [6, 6.07) is 4.12. The number of carbonyl (C=O) groups is 1. The molecule has 1 unspecified atom stereocenters. The minimum Gasteiger partial charge on any atom is -0.352 e. The lowest BCUT2D eigenvalue weighted by molar-refractivity contribution is 0.0952. The fraction of sp³-hybridized carbons (Fsp3) is 0.417. The van der Waals surface area contributed by atoms with Gasteiger partial charge < -0.3 is 5.32 Å². The summed E-state index contributed by atoms with van der Waals surface area (Å²) in [5, 5.41) is 2.78. The quantitative estimate of drug-likeness (QED) is 0.810. The van der Waals surface area contributed by atoms with Crippen molar-refractivity contribution in [2.75, 3.05) is 6.54 Å². The van der Waals surface area contributed by atoms with Crippen molar-refractivity contribution in [1.29, 1.82) is 0 Å². The maximum absolute atomic E-state index is 12.8. The van der Waals surface area contributed by atoms with E-state index in [4.69, 9.17) is 11.6 Å². The molecule has 2 nitrogen and oxygen atoms in total. The van der Waals surface area contributed by atoms with E-state index in [0.29, 0.717) is 24.1 Å². The van der Waals surface area contributed by atoms with Crippen LogP contribution in [0.25, 0.3) is 0 Å². The largest absolute Gasteiger partial charge is 0.352 e. The average molecular weight is 244 g/mol. The molecule has 0 spiro atoms. The third-order valence-electron chi connectivity index (χ3n) is 2.26. The third kappa shape index (κ3) is 3.81. The molecule has 1 rings (SSSR count). The van der Waals surface area contributed by atoms with Crippen LogP contribution in [0.2, 0.25) is 0 Å². The van der Waals surface area contributed by atoms with Gasteiger partial charge in [-0.05, 0) is 44.0 Å². The normalized spacial score (nSPS) is 12.2. The Balaban J connectivity index is 2.59. The summed E-state index contributed by atoms with van der Waals surface area (Å²) in [7, 11) is 0. The van der Waals surface area contributed by atoms with Gasteiger partial charge in [0.15, 0.2) is 0 Å². The van der Waals surface area contributed by atoms with Gasteiger partial charge in [-0.25, -0.2) is 4.39 Å². The van der Waals surface area contributed by atoms with Gasteiger partial charge in [0.05, 0.1) is 0 Å². The molecule has 0 aromatic heterocycles. The van der Waals surface area contributed by atoms with Crippen LogP contribution in [0.4, 0.5) is 4.39 Å². The zero-order valence-corrected chi connectivity index (χ0v) is 10.1. The highest BCUT2D eigenvalue weighted by Crippen LogP contribution is 2.10. The summed E-state index contributed by atoms with van der Waals surface area (Å²) in [6.45, 7) is 4.11. The van der Waals surface area contributed by atoms with Crippen molar-refractivity contribution in [3.05, 3.63) is 35.1 Å². The Bertz CT molecular complexity index is 379. The van der Waals surface area contributed by atoms with Gasteiger partial charge in [-0.2, -0.15) is 0 Å². The van der Waals surface area contributed by atoms with Crippen LogP contribution in [0, 0.1) is 12.7 Å². The van der Waals surface area contributed by atoms with Crippen LogP contribution < -0.4 is 5.32 Å². The first-order valence-electron chi connectivity index (χ1n) is 5.19. The Kier molecular flexibility index (Phi) is 4.74. The predicted molar refractivity (Wildman–Crippen MR) is 63.4 cm³/mol. The highest BCUT2D eigenvalue weighted by atomic mass is 35.5. The van der Waals surface area contributed by atoms with Gasteiger partial charge in [0.1, 0.15) is 5.82 Å². The van der Waals surface area contributed by atoms with Crippen LogP contribution in [0.3, 0.4) is 0 Å². The molecule has 0 fully saturated rings. The summed E-state index contributed by atoms with van der Waals surface area (Å²) in [4.78, 5) is 11.7. The van der Waals surface area contributed by atoms with Crippen molar-refractivity contribution >= 4 is 17.5 Å². The van der Waals surface area contributed by atoms with Crippen LogP contribution in [0.1, 0.15) is 29.3 Å². The molecule has 0 saturated heterocycles. The van der Waals surface area contributed by atoms with Gasteiger partial charge in [0, 0.05) is 17.5 Å². The number of aryl methyl sites for hydroxylation is 1. The molecule has 0 aliphatic rings.